The monoisotopic (exact) mass is 330 g/mol. The van der Waals surface area contributed by atoms with Crippen LogP contribution < -0.4 is 0 Å². The highest BCUT2D eigenvalue weighted by Gasteiger charge is 2.74. The van der Waals surface area contributed by atoms with Gasteiger partial charge in [-0.05, 0) is 0 Å². The van der Waals surface area contributed by atoms with E-state index in [1.165, 1.54) is 0 Å². The van der Waals surface area contributed by atoms with Gasteiger partial charge in [-0.25, -0.2) is 19.2 Å². The zero-order chi connectivity index (χ0) is 17.5. The minimum Gasteiger partial charge on any atom is -0.411 e. The molecule has 0 aliphatic carbocycles. The number of hydrogen-bond acceptors (Lipinski definition) is 11. The number of hydrogen-bond donors (Lipinski definition) is 3. The third-order valence-corrected chi connectivity index (χ3v) is 2.83. The molecule has 3 N–H and O–H groups in total. The van der Waals surface area contributed by atoms with Crippen molar-refractivity contribution in [2.24, 2.45) is 0 Å². The van der Waals surface area contributed by atoms with Crippen LogP contribution in [0.15, 0.2) is 24.3 Å². The van der Waals surface area contributed by atoms with Gasteiger partial charge in [0.25, 0.3) is 0 Å². The fraction of sp³-hybridized carbons (Fsp3) is 0.333. The Kier molecular flexibility index (Phi) is 3.72. The van der Waals surface area contributed by atoms with Crippen molar-refractivity contribution in [1.29, 1.82) is 0 Å². The van der Waals surface area contributed by atoms with Gasteiger partial charge in [0.1, 0.15) is 0 Å². The Labute approximate surface area is 127 Å². The van der Waals surface area contributed by atoms with Gasteiger partial charge >= 0.3 is 41.4 Å². The van der Waals surface area contributed by atoms with Gasteiger partial charge in [0.05, 0.1) is 0 Å². The quantitative estimate of drug-likeness (QED) is 0.357. The van der Waals surface area contributed by atoms with Crippen LogP contribution in [0, 0.1) is 0 Å². The van der Waals surface area contributed by atoms with Gasteiger partial charge in [-0.2, -0.15) is 0 Å². The highest BCUT2D eigenvalue weighted by atomic mass is 16.9. The molecule has 2 aliphatic heterocycles. The molecule has 0 spiro atoms. The lowest BCUT2D eigenvalue weighted by Crippen LogP contribution is -2.72. The van der Waals surface area contributed by atoms with Crippen LogP contribution in [0.25, 0.3) is 0 Å². The topological polar surface area (TPSA) is 166 Å². The summed E-state index contributed by atoms with van der Waals surface area (Å²) in [7, 11) is 0. The van der Waals surface area contributed by atoms with Crippen molar-refractivity contribution >= 4 is 23.9 Å². The molecular formula is C12H10O11. The van der Waals surface area contributed by atoms with E-state index < -0.39 is 41.4 Å². The fourth-order valence-corrected chi connectivity index (χ4v) is 1.88. The third-order valence-electron chi connectivity index (χ3n) is 2.83. The first-order valence-electron chi connectivity index (χ1n) is 5.94. The van der Waals surface area contributed by atoms with Crippen LogP contribution in [0.3, 0.4) is 0 Å². The summed E-state index contributed by atoms with van der Waals surface area (Å²) in [6, 6.07) is 0. The molecule has 2 rings (SSSR count). The number of rotatable bonds is 2. The lowest BCUT2D eigenvalue weighted by atomic mass is 10.0. The Morgan fingerprint density at radius 3 is 1.35 bits per heavy atom. The number of aliphatic hydroxyl groups is 3. The summed E-state index contributed by atoms with van der Waals surface area (Å²) >= 11 is 0. The van der Waals surface area contributed by atoms with Gasteiger partial charge in [-0.1, -0.05) is 0 Å². The normalized spacial score (nSPS) is 23.1. The molecule has 2 heterocycles. The van der Waals surface area contributed by atoms with Crippen LogP contribution in [0.5, 0.6) is 0 Å². The minimum atomic E-state index is -4.11. The highest BCUT2D eigenvalue weighted by molar-refractivity contribution is 5.95. The predicted octanol–water partition coefficient (Wildman–Crippen LogP) is -2.66. The zero-order valence-corrected chi connectivity index (χ0v) is 11.4. The van der Waals surface area contributed by atoms with E-state index in [-0.39, 0.29) is 0 Å². The van der Waals surface area contributed by atoms with E-state index in [4.69, 9.17) is 0 Å². The van der Waals surface area contributed by atoms with E-state index in [1.54, 1.807) is 0 Å². The van der Waals surface area contributed by atoms with Gasteiger partial charge in [-0.15, -0.1) is 0 Å². The van der Waals surface area contributed by atoms with E-state index in [0.717, 1.165) is 0 Å². The molecule has 11 nitrogen and oxygen atoms in total. The number of cyclic esters (lactones) is 4. The summed E-state index contributed by atoms with van der Waals surface area (Å²) in [5, 5.41) is 28.7. The summed E-state index contributed by atoms with van der Waals surface area (Å²) in [6.07, 6.45) is 2.32. The van der Waals surface area contributed by atoms with E-state index in [1.807, 2.05) is 0 Å². The van der Waals surface area contributed by atoms with Gasteiger partial charge in [-0.3, -0.25) is 0 Å². The van der Waals surface area contributed by atoms with Crippen molar-refractivity contribution < 1.29 is 53.4 Å². The second kappa shape index (κ2) is 5.15. The molecule has 0 bridgehead atoms. The third kappa shape index (κ3) is 2.79. The SMILES string of the molecule is CC1(C2(C(O)(O)O)OC(=O)C=CC(=O)O2)OC(=O)C=CC(=O)O1. The molecular weight excluding hydrogens is 320 g/mol. The number of ether oxygens (including phenoxy) is 4. The van der Waals surface area contributed by atoms with E-state index >= 15 is 0 Å². The summed E-state index contributed by atoms with van der Waals surface area (Å²) in [4.78, 5) is 46.2. The first-order chi connectivity index (χ1) is 10.5. The second-order valence-corrected chi connectivity index (χ2v) is 4.55. The van der Waals surface area contributed by atoms with Crippen molar-refractivity contribution in [3.05, 3.63) is 24.3 Å². The molecule has 0 radical (unpaired) electrons. The molecule has 0 aromatic carbocycles. The van der Waals surface area contributed by atoms with Crippen molar-refractivity contribution in [3.63, 3.8) is 0 Å². The fourth-order valence-electron chi connectivity index (χ4n) is 1.88. The molecule has 0 saturated heterocycles. The molecule has 0 aromatic rings. The molecule has 0 unspecified atom stereocenters. The first-order valence-corrected chi connectivity index (χ1v) is 5.94. The van der Waals surface area contributed by atoms with Gasteiger partial charge < -0.3 is 34.3 Å². The molecule has 0 fully saturated rings. The van der Waals surface area contributed by atoms with Crippen molar-refractivity contribution in [3.8, 4) is 0 Å². The second-order valence-electron chi connectivity index (χ2n) is 4.55. The Morgan fingerprint density at radius 2 is 1.04 bits per heavy atom. The predicted molar refractivity (Wildman–Crippen MR) is 63.2 cm³/mol. The van der Waals surface area contributed by atoms with Crippen LogP contribution in [0.1, 0.15) is 6.92 Å². The van der Waals surface area contributed by atoms with Crippen LogP contribution in [-0.2, 0) is 38.1 Å². The molecule has 0 amide bonds. The van der Waals surface area contributed by atoms with Crippen LogP contribution >= 0.6 is 0 Å². The first kappa shape index (κ1) is 16.6. The number of esters is 4. The molecule has 11 heteroatoms. The largest absolute Gasteiger partial charge is 0.418 e. The highest BCUT2D eigenvalue weighted by Crippen LogP contribution is 2.41. The van der Waals surface area contributed by atoms with Crippen molar-refractivity contribution in [1.82, 2.24) is 0 Å². The van der Waals surface area contributed by atoms with Gasteiger partial charge in [0.15, 0.2) is 0 Å². The average Bonchev–Trinajstić information content (AvgIpc) is 2.63. The van der Waals surface area contributed by atoms with Gasteiger partial charge in [0, 0.05) is 31.2 Å². The molecule has 0 saturated carbocycles. The summed E-state index contributed by atoms with van der Waals surface area (Å²) < 4.78 is 18.4. The number of carbonyl (C=O) groups excluding carboxylic acids is 4. The molecule has 23 heavy (non-hydrogen) atoms. The van der Waals surface area contributed by atoms with E-state index in [2.05, 4.69) is 18.9 Å². The average molecular weight is 330 g/mol. The van der Waals surface area contributed by atoms with E-state index in [9.17, 15) is 34.5 Å². The van der Waals surface area contributed by atoms with Crippen molar-refractivity contribution in [2.45, 2.75) is 24.5 Å². The maximum Gasteiger partial charge on any atom is 0.418 e. The van der Waals surface area contributed by atoms with E-state index in [0.29, 0.717) is 31.2 Å². The van der Waals surface area contributed by atoms with Gasteiger partial charge in [0.2, 0.25) is 0 Å². The minimum absolute atomic E-state index is 0.539. The summed E-state index contributed by atoms with van der Waals surface area (Å²) in [5.41, 5.74) is 0. The van der Waals surface area contributed by atoms with Crippen LogP contribution in [0.4, 0.5) is 0 Å². The molecule has 0 aromatic heterocycles. The maximum absolute atomic E-state index is 11.6. The smallest absolute Gasteiger partial charge is 0.411 e. The van der Waals surface area contributed by atoms with Crippen LogP contribution in [-0.4, -0.2) is 56.7 Å². The molecule has 124 valence electrons. The Morgan fingerprint density at radius 1 is 0.739 bits per heavy atom. The standard InChI is InChI=1S/C12H10O11/c1-10(20-6(13)2-3-7(14)21-10)11(12(17,18)19)22-8(15)4-5-9(16)23-11/h2-5,17-19H,1H3. The lowest BCUT2D eigenvalue weighted by Gasteiger charge is -2.44. The Balaban J connectivity index is 2.62. The molecule has 0 atom stereocenters. The van der Waals surface area contributed by atoms with Crippen molar-refractivity contribution in [2.75, 3.05) is 0 Å². The Hall–Kier alpha value is -2.76. The van der Waals surface area contributed by atoms with Crippen LogP contribution in [0.2, 0.25) is 0 Å². The number of carbonyl (C=O) groups is 4. The maximum atomic E-state index is 11.6. The lowest BCUT2D eigenvalue weighted by molar-refractivity contribution is -0.497. The zero-order valence-electron chi connectivity index (χ0n) is 11.4. The Bertz CT molecular complexity index is 596. The summed E-state index contributed by atoms with van der Waals surface area (Å²) in [6.45, 7) is 0.707. The molecule has 2 aliphatic rings. The summed E-state index contributed by atoms with van der Waals surface area (Å²) in [5.74, 6) is -15.8.